The van der Waals surface area contributed by atoms with Crippen LogP contribution in [0.3, 0.4) is 0 Å². The highest BCUT2D eigenvalue weighted by atomic mass is 35.5. The molecule has 1 aliphatic rings. The molecular weight excluding hydrogens is 244 g/mol. The Morgan fingerprint density at radius 2 is 2.00 bits per heavy atom. The Balaban J connectivity index is 2.03. The highest BCUT2D eigenvalue weighted by Gasteiger charge is 2.27. The molecule has 0 bridgehead atoms. The fourth-order valence-corrected chi connectivity index (χ4v) is 2.86. The van der Waals surface area contributed by atoms with Gasteiger partial charge in [-0.2, -0.15) is 0 Å². The monoisotopic (exact) mass is 266 g/mol. The Kier molecular flexibility index (Phi) is 4.16. The number of hydrogen-bond donors (Lipinski definition) is 0. The lowest BCUT2D eigenvalue weighted by Gasteiger charge is -2.29. The van der Waals surface area contributed by atoms with E-state index in [1.807, 2.05) is 12.1 Å². The molecule has 1 aromatic heterocycles. The van der Waals surface area contributed by atoms with Gasteiger partial charge >= 0.3 is 0 Å². The van der Waals surface area contributed by atoms with Gasteiger partial charge in [0.2, 0.25) is 0 Å². The molecule has 0 N–H and O–H groups in total. The first-order valence-corrected chi connectivity index (χ1v) is 7.21. The van der Waals surface area contributed by atoms with Gasteiger partial charge in [-0.05, 0) is 42.7 Å². The zero-order valence-corrected chi connectivity index (χ0v) is 12.4. The van der Waals surface area contributed by atoms with Crippen LogP contribution in [0.15, 0.2) is 18.3 Å². The Labute approximate surface area is 115 Å². The Morgan fingerprint density at radius 1 is 1.22 bits per heavy atom. The number of pyridine rings is 1. The minimum atomic E-state index is 0.420. The average Bonchev–Trinajstić information content (AvgIpc) is 2.55. The summed E-state index contributed by atoms with van der Waals surface area (Å²) in [6.07, 6.45) is 5.58. The summed E-state index contributed by atoms with van der Waals surface area (Å²) in [6.45, 7) is 9.29. The maximum Gasteiger partial charge on any atom is 0.128 e. The average molecular weight is 267 g/mol. The maximum atomic E-state index is 5.88. The topological polar surface area (TPSA) is 16.1 Å². The van der Waals surface area contributed by atoms with Gasteiger partial charge in [0.15, 0.2) is 0 Å². The van der Waals surface area contributed by atoms with Crippen molar-refractivity contribution < 1.29 is 0 Å². The van der Waals surface area contributed by atoms with Crippen molar-refractivity contribution in [3.63, 3.8) is 0 Å². The molecule has 1 unspecified atom stereocenters. The van der Waals surface area contributed by atoms with Crippen molar-refractivity contribution in [3.05, 3.63) is 23.4 Å². The molecule has 1 fully saturated rings. The summed E-state index contributed by atoms with van der Waals surface area (Å²) >= 11 is 5.88. The SMILES string of the molecule is CC(C)(C)C1CCCN(c2ccc(Cl)cn2)CC1. The normalized spacial score (nSPS) is 21.8. The van der Waals surface area contributed by atoms with Crippen LogP contribution in [0.1, 0.15) is 40.0 Å². The smallest absolute Gasteiger partial charge is 0.128 e. The maximum absolute atomic E-state index is 5.88. The van der Waals surface area contributed by atoms with Gasteiger partial charge in [0, 0.05) is 19.3 Å². The first-order chi connectivity index (χ1) is 8.47. The quantitative estimate of drug-likeness (QED) is 0.750. The second-order valence-corrected chi connectivity index (χ2v) is 6.75. The van der Waals surface area contributed by atoms with Crippen molar-refractivity contribution in [1.82, 2.24) is 4.98 Å². The molecule has 1 aliphatic heterocycles. The van der Waals surface area contributed by atoms with E-state index in [9.17, 15) is 0 Å². The van der Waals surface area contributed by atoms with Gasteiger partial charge < -0.3 is 4.90 Å². The van der Waals surface area contributed by atoms with E-state index in [1.165, 1.54) is 19.3 Å². The van der Waals surface area contributed by atoms with E-state index in [4.69, 9.17) is 11.6 Å². The molecule has 3 heteroatoms. The van der Waals surface area contributed by atoms with E-state index in [0.717, 1.165) is 24.8 Å². The van der Waals surface area contributed by atoms with Gasteiger partial charge in [-0.15, -0.1) is 0 Å². The van der Waals surface area contributed by atoms with E-state index in [0.29, 0.717) is 10.4 Å². The number of aromatic nitrogens is 1. The molecule has 0 saturated carbocycles. The van der Waals surface area contributed by atoms with Crippen molar-refractivity contribution in [1.29, 1.82) is 0 Å². The summed E-state index contributed by atoms with van der Waals surface area (Å²) < 4.78 is 0. The molecule has 2 nitrogen and oxygen atoms in total. The van der Waals surface area contributed by atoms with Crippen LogP contribution in [0.5, 0.6) is 0 Å². The third-order valence-corrected chi connectivity index (χ3v) is 4.21. The highest BCUT2D eigenvalue weighted by Crippen LogP contribution is 2.34. The first kappa shape index (κ1) is 13.7. The molecule has 100 valence electrons. The number of anilines is 1. The van der Waals surface area contributed by atoms with Crippen LogP contribution in [-0.4, -0.2) is 18.1 Å². The third-order valence-electron chi connectivity index (χ3n) is 3.99. The van der Waals surface area contributed by atoms with Crippen molar-refractivity contribution in [3.8, 4) is 0 Å². The van der Waals surface area contributed by atoms with Crippen LogP contribution in [0.4, 0.5) is 5.82 Å². The zero-order chi connectivity index (χ0) is 13.2. The molecule has 1 aromatic rings. The Bertz CT molecular complexity index is 380. The molecular formula is C15H23ClN2. The molecule has 2 rings (SSSR count). The summed E-state index contributed by atoms with van der Waals surface area (Å²) in [7, 11) is 0. The second-order valence-electron chi connectivity index (χ2n) is 6.32. The standard InChI is InChI=1S/C15H23ClN2/c1-15(2,3)12-5-4-9-18(10-8-12)14-7-6-13(16)11-17-14/h6-7,11-12H,4-5,8-10H2,1-3H3. The Morgan fingerprint density at radius 3 is 2.61 bits per heavy atom. The van der Waals surface area contributed by atoms with Crippen LogP contribution < -0.4 is 4.90 Å². The molecule has 0 aliphatic carbocycles. The molecule has 18 heavy (non-hydrogen) atoms. The fraction of sp³-hybridized carbons (Fsp3) is 0.667. The van der Waals surface area contributed by atoms with Crippen LogP contribution >= 0.6 is 11.6 Å². The summed E-state index contributed by atoms with van der Waals surface area (Å²) in [5.74, 6) is 1.88. The van der Waals surface area contributed by atoms with Crippen LogP contribution in [-0.2, 0) is 0 Å². The predicted octanol–water partition coefficient (Wildman–Crippen LogP) is 4.39. The zero-order valence-electron chi connectivity index (χ0n) is 11.6. The van der Waals surface area contributed by atoms with Crippen LogP contribution in [0.25, 0.3) is 0 Å². The lowest BCUT2D eigenvalue weighted by Crippen LogP contribution is -2.26. The van der Waals surface area contributed by atoms with Crippen molar-refractivity contribution in [2.75, 3.05) is 18.0 Å². The first-order valence-electron chi connectivity index (χ1n) is 6.83. The largest absolute Gasteiger partial charge is 0.357 e. The van der Waals surface area contributed by atoms with Crippen LogP contribution in [0, 0.1) is 11.3 Å². The van der Waals surface area contributed by atoms with Gasteiger partial charge in [-0.1, -0.05) is 32.4 Å². The molecule has 2 heterocycles. The van der Waals surface area contributed by atoms with Gasteiger partial charge in [-0.3, -0.25) is 0 Å². The van der Waals surface area contributed by atoms with Crippen molar-refractivity contribution >= 4 is 17.4 Å². The van der Waals surface area contributed by atoms with E-state index >= 15 is 0 Å². The predicted molar refractivity (Wildman–Crippen MR) is 78.3 cm³/mol. The minimum Gasteiger partial charge on any atom is -0.357 e. The summed E-state index contributed by atoms with van der Waals surface area (Å²) in [6, 6.07) is 3.95. The summed E-state index contributed by atoms with van der Waals surface area (Å²) in [4.78, 5) is 6.82. The van der Waals surface area contributed by atoms with E-state index in [2.05, 4.69) is 30.7 Å². The van der Waals surface area contributed by atoms with Crippen molar-refractivity contribution in [2.45, 2.75) is 40.0 Å². The van der Waals surface area contributed by atoms with Gasteiger partial charge in [-0.25, -0.2) is 4.98 Å². The molecule has 1 atom stereocenters. The van der Waals surface area contributed by atoms with Gasteiger partial charge in [0.1, 0.15) is 5.82 Å². The summed E-state index contributed by atoms with van der Waals surface area (Å²) in [5.41, 5.74) is 0.420. The number of halogens is 1. The molecule has 0 amide bonds. The van der Waals surface area contributed by atoms with Crippen molar-refractivity contribution in [2.24, 2.45) is 11.3 Å². The van der Waals surface area contributed by atoms with E-state index in [-0.39, 0.29) is 0 Å². The fourth-order valence-electron chi connectivity index (χ4n) is 2.75. The minimum absolute atomic E-state index is 0.420. The van der Waals surface area contributed by atoms with Crippen LogP contribution in [0.2, 0.25) is 5.02 Å². The van der Waals surface area contributed by atoms with Gasteiger partial charge in [0.25, 0.3) is 0 Å². The molecule has 0 spiro atoms. The Hall–Kier alpha value is -0.760. The number of nitrogens with zero attached hydrogens (tertiary/aromatic N) is 2. The van der Waals surface area contributed by atoms with Gasteiger partial charge in [0.05, 0.1) is 5.02 Å². The lowest BCUT2D eigenvalue weighted by atomic mass is 9.77. The van der Waals surface area contributed by atoms with E-state index in [1.54, 1.807) is 6.20 Å². The summed E-state index contributed by atoms with van der Waals surface area (Å²) in [5, 5.41) is 0.709. The van der Waals surface area contributed by atoms with E-state index < -0.39 is 0 Å². The highest BCUT2D eigenvalue weighted by molar-refractivity contribution is 6.30. The number of rotatable bonds is 1. The third kappa shape index (κ3) is 3.38. The molecule has 0 radical (unpaired) electrons. The second kappa shape index (κ2) is 5.48. The lowest BCUT2D eigenvalue weighted by molar-refractivity contribution is 0.220. The molecule has 0 aromatic carbocycles. The number of hydrogen-bond acceptors (Lipinski definition) is 2. The molecule has 1 saturated heterocycles.